The number of rotatable bonds is 5. The number of halogens is 3. The van der Waals surface area contributed by atoms with Crippen molar-refractivity contribution >= 4 is 54.8 Å². The van der Waals surface area contributed by atoms with Gasteiger partial charge in [0.15, 0.2) is 0 Å². The summed E-state index contributed by atoms with van der Waals surface area (Å²) in [7, 11) is 0. The van der Waals surface area contributed by atoms with E-state index in [1.54, 1.807) is 11.3 Å². The molecule has 0 fully saturated rings. The lowest BCUT2D eigenvalue weighted by atomic mass is 10.1. The standard InChI is InChI=1S/C15H16Br2ClNS/c1-3-7-19-15(13-8-12(17)9(2)20-13)10-5-4-6-11(16)14(10)18/h4-6,8,15,19H,3,7H2,1-2H3. The first-order valence-electron chi connectivity index (χ1n) is 6.47. The topological polar surface area (TPSA) is 12.0 Å². The van der Waals surface area contributed by atoms with E-state index in [1.165, 1.54) is 9.75 Å². The molecular weight excluding hydrogens is 422 g/mol. The fraction of sp³-hybridized carbons (Fsp3) is 0.333. The Bertz CT molecular complexity index is 578. The maximum Gasteiger partial charge on any atom is 0.0686 e. The molecule has 1 atom stereocenters. The fourth-order valence-corrected chi connectivity index (χ4v) is 4.29. The van der Waals surface area contributed by atoms with Crippen LogP contribution >= 0.6 is 54.8 Å². The highest BCUT2D eigenvalue weighted by molar-refractivity contribution is 9.10. The van der Waals surface area contributed by atoms with Crippen LogP contribution in [0.25, 0.3) is 0 Å². The summed E-state index contributed by atoms with van der Waals surface area (Å²) in [5.41, 5.74) is 1.11. The summed E-state index contributed by atoms with van der Waals surface area (Å²) in [6.07, 6.45) is 1.09. The van der Waals surface area contributed by atoms with Crippen molar-refractivity contribution in [2.24, 2.45) is 0 Å². The zero-order chi connectivity index (χ0) is 14.7. The lowest BCUT2D eigenvalue weighted by molar-refractivity contribution is 0.606. The summed E-state index contributed by atoms with van der Waals surface area (Å²) in [6, 6.07) is 8.41. The summed E-state index contributed by atoms with van der Waals surface area (Å²) < 4.78 is 2.10. The van der Waals surface area contributed by atoms with Gasteiger partial charge in [0.1, 0.15) is 0 Å². The molecule has 108 valence electrons. The molecule has 1 unspecified atom stereocenters. The first-order chi connectivity index (χ1) is 9.54. The van der Waals surface area contributed by atoms with Crippen LogP contribution in [-0.4, -0.2) is 6.54 Å². The molecule has 1 aromatic heterocycles. The van der Waals surface area contributed by atoms with E-state index in [2.05, 4.69) is 63.2 Å². The van der Waals surface area contributed by atoms with Gasteiger partial charge >= 0.3 is 0 Å². The molecule has 0 saturated heterocycles. The number of hydrogen-bond acceptors (Lipinski definition) is 2. The molecule has 0 bridgehead atoms. The summed E-state index contributed by atoms with van der Waals surface area (Å²) in [5, 5.41) is 4.38. The molecule has 0 spiro atoms. The van der Waals surface area contributed by atoms with Gasteiger partial charge < -0.3 is 5.32 Å². The minimum Gasteiger partial charge on any atom is -0.306 e. The molecule has 1 aromatic carbocycles. The van der Waals surface area contributed by atoms with Gasteiger partial charge in [-0.3, -0.25) is 0 Å². The smallest absolute Gasteiger partial charge is 0.0686 e. The van der Waals surface area contributed by atoms with Crippen molar-refractivity contribution in [3.63, 3.8) is 0 Å². The highest BCUT2D eigenvalue weighted by atomic mass is 79.9. The SMILES string of the molecule is CCCNC(c1cc(Br)c(C)s1)c1cccc(Br)c1Cl. The number of benzene rings is 1. The molecule has 0 aliphatic rings. The van der Waals surface area contributed by atoms with Gasteiger partial charge in [-0.2, -0.15) is 0 Å². The number of aryl methyl sites for hydroxylation is 1. The summed E-state index contributed by atoms with van der Waals surface area (Å²) in [5.74, 6) is 0. The molecule has 2 aromatic rings. The summed E-state index contributed by atoms with van der Waals surface area (Å²) in [4.78, 5) is 2.57. The Labute approximate surface area is 146 Å². The van der Waals surface area contributed by atoms with E-state index in [0.717, 1.165) is 32.5 Å². The number of thiophene rings is 1. The van der Waals surface area contributed by atoms with Gasteiger partial charge in [0.2, 0.25) is 0 Å². The van der Waals surface area contributed by atoms with Crippen molar-refractivity contribution in [3.8, 4) is 0 Å². The monoisotopic (exact) mass is 435 g/mol. The Balaban J connectivity index is 2.44. The van der Waals surface area contributed by atoms with Gasteiger partial charge in [0.05, 0.1) is 11.1 Å². The second-order valence-corrected chi connectivity index (χ2v) is 7.96. The van der Waals surface area contributed by atoms with Gasteiger partial charge in [0.25, 0.3) is 0 Å². The van der Waals surface area contributed by atoms with Gasteiger partial charge in [0, 0.05) is 18.7 Å². The third kappa shape index (κ3) is 3.66. The van der Waals surface area contributed by atoms with Crippen molar-refractivity contribution in [3.05, 3.63) is 53.6 Å². The Kier molecular flexibility index (Phi) is 6.11. The first kappa shape index (κ1) is 16.5. The van der Waals surface area contributed by atoms with Gasteiger partial charge in [-0.15, -0.1) is 11.3 Å². The highest BCUT2D eigenvalue weighted by Crippen LogP contribution is 2.38. The van der Waals surface area contributed by atoms with E-state index in [1.807, 2.05) is 12.1 Å². The molecule has 2 rings (SSSR count). The molecule has 1 N–H and O–H groups in total. The zero-order valence-corrected chi connectivity index (χ0v) is 16.1. The average molecular weight is 438 g/mol. The Morgan fingerprint density at radius 2 is 2.05 bits per heavy atom. The van der Waals surface area contributed by atoms with E-state index in [0.29, 0.717) is 0 Å². The maximum absolute atomic E-state index is 6.47. The minimum absolute atomic E-state index is 0.134. The first-order valence-corrected chi connectivity index (χ1v) is 9.25. The van der Waals surface area contributed by atoms with Crippen molar-refractivity contribution in [2.45, 2.75) is 26.3 Å². The third-order valence-corrected chi connectivity index (χ3v) is 6.56. The van der Waals surface area contributed by atoms with Crippen LogP contribution in [0.3, 0.4) is 0 Å². The van der Waals surface area contributed by atoms with E-state index in [9.17, 15) is 0 Å². The highest BCUT2D eigenvalue weighted by Gasteiger charge is 2.20. The Hall–Kier alpha value is 0.130. The quantitative estimate of drug-likeness (QED) is 0.577. The second-order valence-electron chi connectivity index (χ2n) is 4.58. The van der Waals surface area contributed by atoms with E-state index < -0.39 is 0 Å². The normalized spacial score (nSPS) is 12.7. The summed E-state index contributed by atoms with van der Waals surface area (Å²) >= 11 is 15.4. The van der Waals surface area contributed by atoms with Gasteiger partial charge in [-0.1, -0.05) is 30.7 Å². The van der Waals surface area contributed by atoms with Crippen LogP contribution < -0.4 is 5.32 Å². The molecule has 0 aliphatic heterocycles. The van der Waals surface area contributed by atoms with Crippen LogP contribution in [0, 0.1) is 6.92 Å². The molecule has 1 heterocycles. The van der Waals surface area contributed by atoms with Crippen LogP contribution in [0.1, 0.15) is 34.7 Å². The Morgan fingerprint density at radius 1 is 1.30 bits per heavy atom. The average Bonchev–Trinajstić information content (AvgIpc) is 2.74. The lowest BCUT2D eigenvalue weighted by Gasteiger charge is -2.19. The molecule has 0 radical (unpaired) electrons. The van der Waals surface area contributed by atoms with Crippen LogP contribution in [0.5, 0.6) is 0 Å². The molecule has 5 heteroatoms. The zero-order valence-electron chi connectivity index (χ0n) is 11.3. The largest absolute Gasteiger partial charge is 0.306 e. The van der Waals surface area contributed by atoms with E-state index in [-0.39, 0.29) is 6.04 Å². The second kappa shape index (κ2) is 7.41. The van der Waals surface area contributed by atoms with Crippen LogP contribution in [0.4, 0.5) is 0 Å². The number of nitrogens with one attached hydrogen (secondary N) is 1. The number of hydrogen-bond donors (Lipinski definition) is 1. The van der Waals surface area contributed by atoms with Crippen molar-refractivity contribution in [1.29, 1.82) is 0 Å². The molecule has 0 amide bonds. The molecule has 1 nitrogen and oxygen atoms in total. The van der Waals surface area contributed by atoms with Gasteiger partial charge in [-0.05, 0) is 69.4 Å². The van der Waals surface area contributed by atoms with Crippen LogP contribution in [-0.2, 0) is 0 Å². The minimum atomic E-state index is 0.134. The van der Waals surface area contributed by atoms with E-state index in [4.69, 9.17) is 11.6 Å². The van der Waals surface area contributed by atoms with Gasteiger partial charge in [-0.25, -0.2) is 0 Å². The molecule has 0 aliphatic carbocycles. The predicted molar refractivity (Wildman–Crippen MR) is 96.0 cm³/mol. The lowest BCUT2D eigenvalue weighted by Crippen LogP contribution is -2.22. The van der Waals surface area contributed by atoms with E-state index >= 15 is 0 Å². The molecule has 20 heavy (non-hydrogen) atoms. The third-order valence-electron chi connectivity index (χ3n) is 3.05. The molecular formula is C15H16Br2ClNS. The van der Waals surface area contributed by atoms with Crippen molar-refractivity contribution < 1.29 is 0 Å². The van der Waals surface area contributed by atoms with Crippen LogP contribution in [0.2, 0.25) is 5.02 Å². The van der Waals surface area contributed by atoms with Crippen molar-refractivity contribution in [2.75, 3.05) is 6.54 Å². The predicted octanol–water partition coefficient (Wildman–Crippen LogP) is 6.32. The Morgan fingerprint density at radius 3 is 2.65 bits per heavy atom. The maximum atomic E-state index is 6.47. The fourth-order valence-electron chi connectivity index (χ4n) is 2.02. The molecule has 0 saturated carbocycles. The van der Waals surface area contributed by atoms with Crippen LogP contribution in [0.15, 0.2) is 33.2 Å². The summed E-state index contributed by atoms with van der Waals surface area (Å²) in [6.45, 7) is 5.25. The van der Waals surface area contributed by atoms with Crippen molar-refractivity contribution in [1.82, 2.24) is 5.32 Å².